The normalized spacial score (nSPS) is 12.0. The molecule has 7 nitrogen and oxygen atoms in total. The summed E-state index contributed by atoms with van der Waals surface area (Å²) in [5.41, 5.74) is 1.02. The van der Waals surface area contributed by atoms with Gasteiger partial charge in [-0.05, 0) is 0 Å². The molecule has 3 aromatic rings. The SMILES string of the molecule is CC(C)/[N+]([O-])=C/c1cccc(-n2[se]c3c([N+](=O)[O-])cccc3c2=O)c1. The van der Waals surface area contributed by atoms with E-state index in [1.54, 1.807) is 47.7 Å². The molecular weight excluding hydrogens is 389 g/mol. The number of hydrogen-bond acceptors (Lipinski definition) is 4. The van der Waals surface area contributed by atoms with Gasteiger partial charge in [-0.15, -0.1) is 0 Å². The molecule has 0 fully saturated rings. The topological polar surface area (TPSA) is 91.2 Å². The zero-order valence-electron chi connectivity index (χ0n) is 13.6. The van der Waals surface area contributed by atoms with Crippen molar-refractivity contribution in [3.63, 3.8) is 0 Å². The molecule has 8 heteroatoms. The monoisotopic (exact) mass is 405 g/mol. The van der Waals surface area contributed by atoms with Crippen LogP contribution in [-0.2, 0) is 0 Å². The number of aromatic nitrogens is 1. The maximum absolute atomic E-state index is 12.7. The standard InChI is InChI=1S/C17H15N3O4Se/c1-11(2)18(22)10-12-5-3-6-13(9-12)19-17(21)14-7-4-8-15(20(23)24)16(14)25-19/h3-11H,1-2H3/b18-10-. The minimum atomic E-state index is -0.524. The Morgan fingerprint density at radius 2 is 1.88 bits per heavy atom. The Kier molecular flexibility index (Phi) is 4.56. The van der Waals surface area contributed by atoms with Crippen LogP contribution < -0.4 is 5.56 Å². The number of hydroxylamine groups is 1. The van der Waals surface area contributed by atoms with Crippen molar-refractivity contribution in [1.29, 1.82) is 0 Å². The van der Waals surface area contributed by atoms with Crippen LogP contribution in [0.1, 0.15) is 19.4 Å². The Morgan fingerprint density at radius 3 is 2.56 bits per heavy atom. The Morgan fingerprint density at radius 1 is 1.16 bits per heavy atom. The zero-order valence-corrected chi connectivity index (χ0v) is 15.3. The van der Waals surface area contributed by atoms with Crippen LogP contribution in [0.2, 0.25) is 0 Å². The molecule has 0 aliphatic carbocycles. The van der Waals surface area contributed by atoms with E-state index in [1.165, 1.54) is 18.3 Å². The molecule has 3 rings (SSSR count). The Bertz CT molecular complexity index is 1050. The first-order chi connectivity index (χ1) is 11.9. The van der Waals surface area contributed by atoms with Crippen LogP contribution >= 0.6 is 0 Å². The van der Waals surface area contributed by atoms with Gasteiger partial charge in [0, 0.05) is 0 Å². The Labute approximate surface area is 149 Å². The van der Waals surface area contributed by atoms with Crippen LogP contribution in [0.4, 0.5) is 5.69 Å². The summed E-state index contributed by atoms with van der Waals surface area (Å²) in [4.78, 5) is 23.4. The second-order valence-corrected chi connectivity index (χ2v) is 7.79. The molecule has 0 unspecified atom stereocenters. The molecule has 2 aromatic carbocycles. The Balaban J connectivity index is 2.16. The van der Waals surface area contributed by atoms with Crippen molar-refractivity contribution < 1.29 is 9.66 Å². The minimum absolute atomic E-state index is 0.0263. The summed E-state index contributed by atoms with van der Waals surface area (Å²) in [6, 6.07) is 11.4. The van der Waals surface area contributed by atoms with E-state index in [9.17, 15) is 20.1 Å². The summed E-state index contributed by atoms with van der Waals surface area (Å²) in [5.74, 6) is 0. The van der Waals surface area contributed by atoms with Gasteiger partial charge in [-0.2, -0.15) is 0 Å². The van der Waals surface area contributed by atoms with Crippen LogP contribution in [-0.4, -0.2) is 40.2 Å². The van der Waals surface area contributed by atoms with Gasteiger partial charge in [0.05, 0.1) is 0 Å². The predicted molar refractivity (Wildman–Crippen MR) is 97.1 cm³/mol. The van der Waals surface area contributed by atoms with E-state index in [0.717, 1.165) is 4.74 Å². The van der Waals surface area contributed by atoms with E-state index in [0.29, 0.717) is 20.9 Å². The molecule has 0 aliphatic rings. The fourth-order valence-electron chi connectivity index (χ4n) is 2.37. The van der Waals surface area contributed by atoms with Gasteiger partial charge in [-0.1, -0.05) is 0 Å². The van der Waals surface area contributed by atoms with Crippen molar-refractivity contribution in [2.75, 3.05) is 0 Å². The average Bonchev–Trinajstić information content (AvgIpc) is 2.92. The molecule has 0 saturated carbocycles. The number of nitro groups is 1. The van der Waals surface area contributed by atoms with Gasteiger partial charge < -0.3 is 0 Å². The zero-order chi connectivity index (χ0) is 18.1. The van der Waals surface area contributed by atoms with E-state index in [1.807, 2.05) is 0 Å². The molecule has 0 saturated heterocycles. The van der Waals surface area contributed by atoms with Gasteiger partial charge in [-0.3, -0.25) is 0 Å². The first-order valence-electron chi connectivity index (χ1n) is 7.58. The molecule has 0 spiro atoms. The fourth-order valence-corrected chi connectivity index (χ4v) is 4.62. The third kappa shape index (κ3) is 3.26. The molecule has 25 heavy (non-hydrogen) atoms. The van der Waals surface area contributed by atoms with Crippen molar-refractivity contribution in [2.24, 2.45) is 0 Å². The summed E-state index contributed by atoms with van der Waals surface area (Å²) in [5, 5.41) is 23.4. The van der Waals surface area contributed by atoms with Gasteiger partial charge in [-0.25, -0.2) is 0 Å². The van der Waals surface area contributed by atoms with Crippen LogP contribution in [0.3, 0.4) is 0 Å². The van der Waals surface area contributed by atoms with Gasteiger partial charge in [0.1, 0.15) is 0 Å². The fraction of sp³-hybridized carbons (Fsp3) is 0.176. The number of rotatable bonds is 4. The molecule has 0 radical (unpaired) electrons. The molecule has 0 atom stereocenters. The number of non-ortho nitro benzene ring substituents is 1. The number of fused-ring (bicyclic) bond motifs is 1. The molecule has 0 amide bonds. The van der Waals surface area contributed by atoms with Crippen molar-refractivity contribution in [2.45, 2.75) is 19.9 Å². The molecular formula is C17H15N3O4Se. The van der Waals surface area contributed by atoms with Crippen LogP contribution in [0.25, 0.3) is 15.3 Å². The predicted octanol–water partition coefficient (Wildman–Crippen LogP) is 2.29. The quantitative estimate of drug-likeness (QED) is 0.167. The second kappa shape index (κ2) is 6.66. The molecule has 0 aliphatic heterocycles. The number of hydrogen-bond donors (Lipinski definition) is 0. The summed E-state index contributed by atoms with van der Waals surface area (Å²) in [6.07, 6.45) is 1.47. The van der Waals surface area contributed by atoms with E-state index in [-0.39, 0.29) is 17.3 Å². The third-order valence-corrected chi connectivity index (χ3v) is 6.13. The van der Waals surface area contributed by atoms with E-state index in [2.05, 4.69) is 0 Å². The number of benzene rings is 2. The second-order valence-electron chi connectivity index (χ2n) is 5.78. The Hall–Kier alpha value is -2.70. The van der Waals surface area contributed by atoms with Crippen molar-refractivity contribution >= 4 is 36.3 Å². The van der Waals surface area contributed by atoms with E-state index >= 15 is 0 Å². The first-order valence-corrected chi connectivity index (χ1v) is 9.21. The van der Waals surface area contributed by atoms with Crippen LogP contribution in [0.15, 0.2) is 47.3 Å². The molecule has 128 valence electrons. The summed E-state index contributed by atoms with van der Waals surface area (Å²) >= 11 is -0.524. The summed E-state index contributed by atoms with van der Waals surface area (Å²) in [7, 11) is 0. The van der Waals surface area contributed by atoms with Crippen molar-refractivity contribution in [3.05, 3.63) is 73.7 Å². The summed E-state index contributed by atoms with van der Waals surface area (Å²) in [6.45, 7) is 3.58. The van der Waals surface area contributed by atoms with Crippen molar-refractivity contribution in [1.82, 2.24) is 3.56 Å². The van der Waals surface area contributed by atoms with E-state index < -0.39 is 19.7 Å². The molecule has 1 heterocycles. The first kappa shape index (κ1) is 17.1. The van der Waals surface area contributed by atoms with Gasteiger partial charge in [0.25, 0.3) is 0 Å². The van der Waals surface area contributed by atoms with Gasteiger partial charge in [0.2, 0.25) is 0 Å². The summed E-state index contributed by atoms with van der Waals surface area (Å²) < 4.78 is 2.87. The average molecular weight is 404 g/mol. The third-order valence-electron chi connectivity index (χ3n) is 3.68. The van der Waals surface area contributed by atoms with E-state index in [4.69, 9.17) is 0 Å². The molecule has 0 bridgehead atoms. The molecule has 1 aromatic heterocycles. The van der Waals surface area contributed by atoms with Crippen LogP contribution in [0.5, 0.6) is 0 Å². The number of nitrogens with zero attached hydrogens (tertiary/aromatic N) is 3. The maximum atomic E-state index is 12.7. The van der Waals surface area contributed by atoms with Crippen LogP contribution in [0, 0.1) is 15.3 Å². The van der Waals surface area contributed by atoms with Gasteiger partial charge in [0.15, 0.2) is 0 Å². The van der Waals surface area contributed by atoms with Gasteiger partial charge >= 0.3 is 149 Å². The number of nitro benzene ring substituents is 1. The van der Waals surface area contributed by atoms with Crippen molar-refractivity contribution in [3.8, 4) is 5.69 Å². The molecule has 0 N–H and O–H groups in total.